The van der Waals surface area contributed by atoms with Gasteiger partial charge in [-0.05, 0) is 37.1 Å². The monoisotopic (exact) mass is 233 g/mol. The molecule has 0 spiro atoms. The number of carbonyl (C=O) groups is 1. The van der Waals surface area contributed by atoms with E-state index in [2.05, 4.69) is 9.68 Å². The third-order valence-electron chi connectivity index (χ3n) is 2.66. The number of phenolic OH excluding ortho intramolecular Hbond substituents is 1. The van der Waals surface area contributed by atoms with Gasteiger partial charge in [-0.3, -0.25) is 0 Å². The second-order valence-electron chi connectivity index (χ2n) is 3.82. The number of nitrogens with zero attached hydrogens (tertiary/aromatic N) is 1. The second kappa shape index (κ2) is 3.93. The predicted molar refractivity (Wildman–Crippen MR) is 60.0 cm³/mol. The zero-order valence-corrected chi connectivity index (χ0v) is 9.39. The molecular weight excluding hydrogens is 222 g/mol. The number of aromatic nitrogens is 1. The first-order chi connectivity index (χ1) is 7.99. The third kappa shape index (κ3) is 1.99. The predicted octanol–water partition coefficient (Wildman–Crippen LogP) is 2.36. The second-order valence-corrected chi connectivity index (χ2v) is 3.82. The fourth-order valence-corrected chi connectivity index (χ4v) is 1.50. The van der Waals surface area contributed by atoms with E-state index in [-0.39, 0.29) is 11.5 Å². The Hall–Kier alpha value is -2.30. The molecule has 0 aliphatic rings. The third-order valence-corrected chi connectivity index (χ3v) is 2.66. The van der Waals surface area contributed by atoms with Crippen LogP contribution in [-0.2, 0) is 0 Å². The highest BCUT2D eigenvalue weighted by Gasteiger charge is 2.13. The summed E-state index contributed by atoms with van der Waals surface area (Å²) in [7, 11) is 0. The van der Waals surface area contributed by atoms with Gasteiger partial charge in [0.25, 0.3) is 0 Å². The standard InChI is InChI=1S/C12H11NO4/c1-6-3-8(4-10(14)7(6)2)9-5-11(12(15)16)17-13-9/h3-5,14H,1-2H3,(H,15,16). The summed E-state index contributed by atoms with van der Waals surface area (Å²) >= 11 is 0. The maximum absolute atomic E-state index is 10.7. The maximum Gasteiger partial charge on any atom is 0.374 e. The topological polar surface area (TPSA) is 83.6 Å². The average molecular weight is 233 g/mol. The van der Waals surface area contributed by atoms with Crippen LogP contribution >= 0.6 is 0 Å². The van der Waals surface area contributed by atoms with E-state index in [4.69, 9.17) is 5.11 Å². The fourth-order valence-electron chi connectivity index (χ4n) is 1.50. The summed E-state index contributed by atoms with van der Waals surface area (Å²) in [5.41, 5.74) is 2.71. The molecule has 1 aromatic carbocycles. The first kappa shape index (κ1) is 11.2. The molecule has 2 aromatic rings. The van der Waals surface area contributed by atoms with Gasteiger partial charge >= 0.3 is 5.97 Å². The van der Waals surface area contributed by atoms with Crippen LogP contribution in [0.1, 0.15) is 21.7 Å². The van der Waals surface area contributed by atoms with E-state index in [1.165, 1.54) is 12.1 Å². The van der Waals surface area contributed by atoms with Crippen molar-refractivity contribution in [2.24, 2.45) is 0 Å². The molecule has 0 aliphatic heterocycles. The highest BCUT2D eigenvalue weighted by Crippen LogP contribution is 2.28. The van der Waals surface area contributed by atoms with Crippen molar-refractivity contribution in [2.75, 3.05) is 0 Å². The SMILES string of the molecule is Cc1cc(-c2cc(C(=O)O)on2)cc(O)c1C. The number of aromatic hydroxyl groups is 1. The minimum atomic E-state index is -1.17. The number of aromatic carboxylic acids is 1. The van der Waals surface area contributed by atoms with Crippen molar-refractivity contribution in [1.29, 1.82) is 0 Å². The highest BCUT2D eigenvalue weighted by atomic mass is 16.5. The minimum absolute atomic E-state index is 0.153. The van der Waals surface area contributed by atoms with Crippen molar-refractivity contribution in [2.45, 2.75) is 13.8 Å². The van der Waals surface area contributed by atoms with Crippen LogP contribution in [0.4, 0.5) is 0 Å². The van der Waals surface area contributed by atoms with Crippen LogP contribution in [-0.4, -0.2) is 21.3 Å². The Kier molecular flexibility index (Phi) is 2.59. The van der Waals surface area contributed by atoms with Gasteiger partial charge in [-0.1, -0.05) is 5.16 Å². The van der Waals surface area contributed by atoms with Crippen molar-refractivity contribution < 1.29 is 19.5 Å². The van der Waals surface area contributed by atoms with Crippen LogP contribution in [0, 0.1) is 13.8 Å². The first-order valence-corrected chi connectivity index (χ1v) is 4.99. The van der Waals surface area contributed by atoms with E-state index in [0.29, 0.717) is 11.3 Å². The number of carboxylic acid groups (broad SMARTS) is 1. The van der Waals surface area contributed by atoms with Crippen molar-refractivity contribution in [3.05, 3.63) is 35.1 Å². The zero-order valence-electron chi connectivity index (χ0n) is 9.39. The summed E-state index contributed by atoms with van der Waals surface area (Å²) in [6.07, 6.45) is 0. The Balaban J connectivity index is 2.49. The van der Waals surface area contributed by atoms with Crippen molar-refractivity contribution in [1.82, 2.24) is 5.16 Å². The molecule has 0 aliphatic carbocycles. The fraction of sp³-hybridized carbons (Fsp3) is 0.167. The number of hydrogen-bond donors (Lipinski definition) is 2. The van der Waals surface area contributed by atoms with Crippen LogP contribution in [0.5, 0.6) is 5.75 Å². The lowest BCUT2D eigenvalue weighted by atomic mass is 10.0. The molecule has 0 fully saturated rings. The molecule has 0 saturated carbocycles. The van der Waals surface area contributed by atoms with Gasteiger partial charge in [0.1, 0.15) is 11.4 Å². The molecular formula is C12H11NO4. The van der Waals surface area contributed by atoms with Gasteiger partial charge in [0.05, 0.1) is 0 Å². The summed E-state index contributed by atoms with van der Waals surface area (Å²) in [6, 6.07) is 4.68. The maximum atomic E-state index is 10.7. The Morgan fingerprint density at radius 2 is 2.00 bits per heavy atom. The van der Waals surface area contributed by atoms with Crippen molar-refractivity contribution in [3.8, 4) is 17.0 Å². The Labute approximate surface area is 97.3 Å². The molecule has 0 atom stereocenters. The molecule has 0 unspecified atom stereocenters. The largest absolute Gasteiger partial charge is 0.508 e. The number of aryl methyl sites for hydroxylation is 1. The Morgan fingerprint density at radius 1 is 1.29 bits per heavy atom. The summed E-state index contributed by atoms with van der Waals surface area (Å²) in [5.74, 6) is -1.24. The molecule has 0 amide bonds. The van der Waals surface area contributed by atoms with E-state index < -0.39 is 5.97 Å². The Morgan fingerprint density at radius 3 is 2.53 bits per heavy atom. The lowest BCUT2D eigenvalue weighted by Gasteiger charge is -2.05. The minimum Gasteiger partial charge on any atom is -0.508 e. The van der Waals surface area contributed by atoms with Gasteiger partial charge in [-0.15, -0.1) is 0 Å². The van der Waals surface area contributed by atoms with Crippen molar-refractivity contribution in [3.63, 3.8) is 0 Å². The summed E-state index contributed by atoms with van der Waals surface area (Å²) in [6.45, 7) is 3.66. The lowest BCUT2D eigenvalue weighted by molar-refractivity contribution is 0.0652. The van der Waals surface area contributed by atoms with E-state index in [9.17, 15) is 9.90 Å². The lowest BCUT2D eigenvalue weighted by Crippen LogP contribution is -1.91. The molecule has 1 aromatic heterocycles. The summed E-state index contributed by atoms with van der Waals surface area (Å²) < 4.78 is 4.66. The smallest absolute Gasteiger partial charge is 0.374 e. The van der Waals surface area contributed by atoms with Crippen LogP contribution in [0.2, 0.25) is 0 Å². The van der Waals surface area contributed by atoms with Gasteiger partial charge in [0.2, 0.25) is 5.76 Å². The molecule has 2 rings (SSSR count). The summed E-state index contributed by atoms with van der Waals surface area (Å²) in [4.78, 5) is 10.7. The highest BCUT2D eigenvalue weighted by molar-refractivity contribution is 5.85. The zero-order chi connectivity index (χ0) is 12.6. The first-order valence-electron chi connectivity index (χ1n) is 4.99. The number of rotatable bonds is 2. The van der Waals surface area contributed by atoms with E-state index >= 15 is 0 Å². The molecule has 0 saturated heterocycles. The van der Waals surface area contributed by atoms with E-state index in [1.807, 2.05) is 13.0 Å². The average Bonchev–Trinajstić information content (AvgIpc) is 2.74. The molecule has 2 N–H and O–H groups in total. The normalized spacial score (nSPS) is 10.5. The molecule has 0 radical (unpaired) electrons. The van der Waals surface area contributed by atoms with Gasteiger partial charge in [0, 0.05) is 11.6 Å². The number of benzene rings is 1. The summed E-state index contributed by atoms with van der Waals surface area (Å²) in [5, 5.41) is 22.1. The molecule has 5 heteroatoms. The number of carboxylic acids is 1. The van der Waals surface area contributed by atoms with Gasteiger partial charge in [-0.2, -0.15) is 0 Å². The molecule has 0 bridgehead atoms. The van der Waals surface area contributed by atoms with Crippen LogP contribution in [0.25, 0.3) is 11.3 Å². The number of phenols is 1. The molecule has 1 heterocycles. The quantitative estimate of drug-likeness (QED) is 0.831. The molecule has 5 nitrogen and oxygen atoms in total. The van der Waals surface area contributed by atoms with Crippen LogP contribution in [0.15, 0.2) is 22.7 Å². The van der Waals surface area contributed by atoms with Crippen LogP contribution in [0.3, 0.4) is 0 Å². The van der Waals surface area contributed by atoms with Gasteiger partial charge < -0.3 is 14.7 Å². The van der Waals surface area contributed by atoms with Gasteiger partial charge in [0.15, 0.2) is 0 Å². The molecule has 88 valence electrons. The van der Waals surface area contributed by atoms with Crippen LogP contribution < -0.4 is 0 Å². The molecule has 17 heavy (non-hydrogen) atoms. The Bertz CT molecular complexity index is 563. The van der Waals surface area contributed by atoms with Crippen molar-refractivity contribution >= 4 is 5.97 Å². The van der Waals surface area contributed by atoms with E-state index in [0.717, 1.165) is 11.1 Å². The van der Waals surface area contributed by atoms with Gasteiger partial charge in [-0.25, -0.2) is 4.79 Å². The van der Waals surface area contributed by atoms with E-state index in [1.54, 1.807) is 6.92 Å². The number of hydrogen-bond acceptors (Lipinski definition) is 4.